The largest absolute Gasteiger partial charge is 0.508 e. The van der Waals surface area contributed by atoms with Gasteiger partial charge in [0.25, 0.3) is 0 Å². The minimum absolute atomic E-state index is 0.0415. The number of urea groups is 1. The molecule has 5 N–H and O–H groups in total. The third kappa shape index (κ3) is 8.76. The van der Waals surface area contributed by atoms with E-state index in [1.165, 1.54) is 5.56 Å². The highest BCUT2D eigenvalue weighted by molar-refractivity contribution is 8.00. The fourth-order valence-corrected chi connectivity index (χ4v) is 7.54. The van der Waals surface area contributed by atoms with Crippen LogP contribution in [0.1, 0.15) is 68.6 Å². The number of ether oxygens (including phenoxy) is 1. The van der Waals surface area contributed by atoms with E-state index in [2.05, 4.69) is 31.5 Å². The summed E-state index contributed by atoms with van der Waals surface area (Å²) in [6.07, 6.45) is 6.80. The average molecular weight is 630 g/mol. The maximum absolute atomic E-state index is 13.0. The summed E-state index contributed by atoms with van der Waals surface area (Å²) in [5.41, 5.74) is 2.43. The number of unbranched alkanes of at least 4 members (excludes halogenated alkanes) is 1. The highest BCUT2D eigenvalue weighted by Gasteiger charge is 2.42. The minimum Gasteiger partial charge on any atom is -0.508 e. The molecule has 4 aliphatic rings. The number of aromatic hydroxyl groups is 1. The third-order valence-electron chi connectivity index (χ3n) is 8.66. The molecule has 0 radical (unpaired) electrons. The number of hydrogen-bond acceptors (Lipinski definition) is 9. The van der Waals surface area contributed by atoms with Crippen molar-refractivity contribution < 1.29 is 29.0 Å². The van der Waals surface area contributed by atoms with Gasteiger partial charge in [0.15, 0.2) is 5.66 Å². The molecule has 2 saturated heterocycles. The summed E-state index contributed by atoms with van der Waals surface area (Å²) in [5, 5.41) is 29.9. The van der Waals surface area contributed by atoms with Gasteiger partial charge in [-0.25, -0.2) is 9.59 Å². The molecule has 3 unspecified atom stereocenters. The lowest BCUT2D eigenvalue weighted by molar-refractivity contribution is -0.136. The monoisotopic (exact) mass is 629 g/mol. The first-order valence-corrected chi connectivity index (χ1v) is 16.7. The van der Waals surface area contributed by atoms with E-state index in [4.69, 9.17) is 4.74 Å². The molecule has 5 amide bonds. The fourth-order valence-electron chi connectivity index (χ4n) is 6.00. The van der Waals surface area contributed by atoms with E-state index in [0.29, 0.717) is 23.8 Å². The number of phenols is 1. The summed E-state index contributed by atoms with van der Waals surface area (Å²) in [4.78, 5) is 51.1. The molecule has 3 aliphatic heterocycles. The SMILES string of the molecule is CC1(CCC(=O)N(CCCCC2SCC3NC(=O)NC32)CC(=O)NCCNC(=O)OCc2cc3c(cc2O)CCCC3)N=N1. The molecule has 5 rings (SSSR count). The number of carbonyl (C=O) groups excluding carboxylic acids is 4. The van der Waals surface area contributed by atoms with Gasteiger partial charge in [0.05, 0.1) is 18.6 Å². The van der Waals surface area contributed by atoms with Crippen LogP contribution in [0, 0.1) is 0 Å². The van der Waals surface area contributed by atoms with Crippen LogP contribution in [0.5, 0.6) is 5.75 Å². The second-order valence-corrected chi connectivity index (χ2v) is 13.4. The molecule has 1 aliphatic carbocycles. The lowest BCUT2D eigenvalue weighted by Gasteiger charge is -2.23. The zero-order chi connectivity index (χ0) is 31.1. The Morgan fingerprint density at radius 2 is 1.86 bits per heavy atom. The smallest absolute Gasteiger partial charge is 0.407 e. The predicted octanol–water partition coefficient (Wildman–Crippen LogP) is 2.74. The van der Waals surface area contributed by atoms with Crippen LogP contribution >= 0.6 is 11.8 Å². The quantitative estimate of drug-likeness (QED) is 0.146. The minimum atomic E-state index is -0.641. The van der Waals surface area contributed by atoms with Crippen molar-refractivity contribution in [2.24, 2.45) is 10.2 Å². The summed E-state index contributed by atoms with van der Waals surface area (Å²) in [6, 6.07) is 3.90. The number of carbonyl (C=O) groups is 4. The van der Waals surface area contributed by atoms with Gasteiger partial charge in [0, 0.05) is 49.0 Å². The molecule has 1 aromatic rings. The van der Waals surface area contributed by atoms with E-state index in [1.807, 2.05) is 24.8 Å². The molecule has 0 saturated carbocycles. The Balaban J connectivity index is 1.00. The standard InChI is InChI=1S/C30H43N7O6S/c1-30(35-36-30)10-9-26(40)37(13-5-4-8-24-27-22(18-44-24)33-28(41)34-27)16-25(39)31-11-12-32-29(42)43-17-21-14-19-6-2-3-7-20(19)15-23(21)38/h14-15,22,24,27,38H,2-13,16-18H2,1H3,(H,31,39)(H,32,42)(H2,33,34,41). The van der Waals surface area contributed by atoms with Gasteiger partial charge in [0.1, 0.15) is 12.4 Å². The van der Waals surface area contributed by atoms with Crippen molar-refractivity contribution in [1.82, 2.24) is 26.2 Å². The predicted molar refractivity (Wildman–Crippen MR) is 164 cm³/mol. The van der Waals surface area contributed by atoms with E-state index in [1.54, 1.807) is 11.0 Å². The Morgan fingerprint density at radius 1 is 1.11 bits per heavy atom. The number of nitrogens with zero attached hydrogens (tertiary/aromatic N) is 3. The summed E-state index contributed by atoms with van der Waals surface area (Å²) in [5.74, 6) is 0.603. The number of aryl methyl sites for hydroxylation is 2. The molecule has 44 heavy (non-hydrogen) atoms. The molecule has 0 aromatic heterocycles. The Bertz CT molecular complexity index is 1270. The average Bonchev–Trinajstić information content (AvgIpc) is 3.46. The molecule has 13 nitrogen and oxygen atoms in total. The van der Waals surface area contributed by atoms with E-state index in [0.717, 1.165) is 56.3 Å². The zero-order valence-electron chi connectivity index (χ0n) is 25.2. The summed E-state index contributed by atoms with van der Waals surface area (Å²) < 4.78 is 5.27. The van der Waals surface area contributed by atoms with Gasteiger partial charge in [-0.2, -0.15) is 22.0 Å². The van der Waals surface area contributed by atoms with Gasteiger partial charge in [-0.05, 0) is 68.7 Å². The maximum atomic E-state index is 13.0. The maximum Gasteiger partial charge on any atom is 0.407 e. The Morgan fingerprint density at radius 3 is 2.64 bits per heavy atom. The molecule has 1 aromatic carbocycles. The van der Waals surface area contributed by atoms with Crippen LogP contribution < -0.4 is 21.3 Å². The summed E-state index contributed by atoms with van der Waals surface area (Å²) in [7, 11) is 0. The Labute approximate surface area is 261 Å². The van der Waals surface area contributed by atoms with Crippen molar-refractivity contribution >= 4 is 35.7 Å². The summed E-state index contributed by atoms with van der Waals surface area (Å²) in [6.45, 7) is 2.54. The van der Waals surface area contributed by atoms with Gasteiger partial charge < -0.3 is 36.0 Å². The van der Waals surface area contributed by atoms with E-state index in [-0.39, 0.29) is 68.3 Å². The van der Waals surface area contributed by atoms with Gasteiger partial charge in [-0.1, -0.05) is 6.42 Å². The van der Waals surface area contributed by atoms with Crippen LogP contribution in [0.3, 0.4) is 0 Å². The number of rotatable bonds is 15. The fraction of sp³-hybridized carbons (Fsp3) is 0.667. The Kier molecular flexibility index (Phi) is 10.5. The van der Waals surface area contributed by atoms with Crippen LogP contribution in [0.4, 0.5) is 9.59 Å². The molecule has 14 heteroatoms. The third-order valence-corrected chi connectivity index (χ3v) is 10.2. The van der Waals surface area contributed by atoms with Gasteiger partial charge in [-0.3, -0.25) is 9.59 Å². The number of hydrogen-bond donors (Lipinski definition) is 5. The number of thioether (sulfide) groups is 1. The number of phenolic OH excluding ortho intramolecular Hbond substituents is 1. The first-order chi connectivity index (χ1) is 21.2. The lowest BCUT2D eigenvalue weighted by Crippen LogP contribution is -2.43. The van der Waals surface area contributed by atoms with Crippen molar-refractivity contribution in [3.8, 4) is 5.75 Å². The first-order valence-electron chi connectivity index (χ1n) is 15.6. The van der Waals surface area contributed by atoms with Crippen molar-refractivity contribution in [3.63, 3.8) is 0 Å². The number of fused-ring (bicyclic) bond motifs is 2. The zero-order valence-corrected chi connectivity index (χ0v) is 26.0. The highest BCUT2D eigenvalue weighted by Crippen LogP contribution is 2.34. The lowest BCUT2D eigenvalue weighted by atomic mass is 9.90. The van der Waals surface area contributed by atoms with Gasteiger partial charge in [-0.15, -0.1) is 0 Å². The molecule has 0 bridgehead atoms. The van der Waals surface area contributed by atoms with Crippen molar-refractivity contribution in [2.75, 3.05) is 31.9 Å². The van der Waals surface area contributed by atoms with Gasteiger partial charge >= 0.3 is 12.1 Å². The second kappa shape index (κ2) is 14.5. The Hall–Kier alpha value is -3.55. The van der Waals surface area contributed by atoms with E-state index < -0.39 is 11.8 Å². The topological polar surface area (TPSA) is 174 Å². The normalized spacial score (nSPS) is 22.3. The molecule has 2 fully saturated rings. The van der Waals surface area contributed by atoms with Crippen LogP contribution in [-0.2, 0) is 33.8 Å². The number of nitrogens with one attached hydrogen (secondary N) is 4. The van der Waals surface area contributed by atoms with Crippen LogP contribution in [-0.4, -0.2) is 88.9 Å². The molecule has 3 atom stereocenters. The number of amides is 5. The van der Waals surface area contributed by atoms with Crippen molar-refractivity contribution in [3.05, 3.63) is 28.8 Å². The molecular formula is C30H43N7O6S. The van der Waals surface area contributed by atoms with Crippen LogP contribution in [0.15, 0.2) is 22.4 Å². The second-order valence-electron chi connectivity index (χ2n) is 12.2. The molecule has 0 spiro atoms. The number of benzene rings is 1. The molecule has 3 heterocycles. The van der Waals surface area contributed by atoms with E-state index in [9.17, 15) is 24.3 Å². The first kappa shape index (κ1) is 31.9. The summed E-state index contributed by atoms with van der Waals surface area (Å²) >= 11 is 1.86. The van der Waals surface area contributed by atoms with Gasteiger partial charge in [0.2, 0.25) is 11.8 Å². The van der Waals surface area contributed by atoms with Crippen LogP contribution in [0.2, 0.25) is 0 Å². The van der Waals surface area contributed by atoms with E-state index >= 15 is 0 Å². The molecular weight excluding hydrogens is 586 g/mol. The van der Waals surface area contributed by atoms with Crippen molar-refractivity contribution in [1.29, 1.82) is 0 Å². The molecule has 240 valence electrons. The highest BCUT2D eigenvalue weighted by atomic mass is 32.2. The van der Waals surface area contributed by atoms with Crippen LogP contribution in [0.25, 0.3) is 0 Å². The number of alkyl carbamates (subject to hydrolysis) is 1. The van der Waals surface area contributed by atoms with Crippen molar-refractivity contribution in [2.45, 2.75) is 94.3 Å².